The lowest BCUT2D eigenvalue weighted by molar-refractivity contribution is -0.123. The van der Waals surface area contributed by atoms with E-state index in [9.17, 15) is 14.4 Å². The number of aryl methyl sites for hydroxylation is 1. The molecule has 44 heavy (non-hydrogen) atoms. The van der Waals surface area contributed by atoms with Crippen LogP contribution in [-0.4, -0.2) is 40.5 Å². The first-order valence-corrected chi connectivity index (χ1v) is 15.5. The van der Waals surface area contributed by atoms with Gasteiger partial charge in [0.2, 0.25) is 0 Å². The number of hydrogen-bond donors (Lipinski definition) is 1. The Labute approximate surface area is 259 Å². The number of carbonyl (C=O) groups is 3. The van der Waals surface area contributed by atoms with Gasteiger partial charge in [-0.05, 0) is 63.3 Å². The summed E-state index contributed by atoms with van der Waals surface area (Å²) in [6, 6.07) is 24.6. The Balaban J connectivity index is 1.24. The maximum Gasteiger partial charge on any atom is 0.341 e. The van der Waals surface area contributed by atoms with Gasteiger partial charge in [-0.15, -0.1) is 11.3 Å². The number of carbonyl (C=O) groups excluding carboxylic acids is 3. The molecule has 0 aliphatic heterocycles. The molecule has 0 saturated heterocycles. The molecular weight excluding hydrogens is 574 g/mol. The van der Waals surface area contributed by atoms with Gasteiger partial charge >= 0.3 is 11.9 Å². The third-order valence-corrected chi connectivity index (χ3v) is 8.74. The number of nitrogens with zero attached hydrogens (tertiary/aromatic N) is 2. The molecule has 3 aromatic carbocycles. The van der Waals surface area contributed by atoms with Crippen LogP contribution < -0.4 is 5.32 Å². The zero-order valence-corrected chi connectivity index (χ0v) is 25.3. The maximum atomic E-state index is 13.2. The number of nitrogens with one attached hydrogen (secondary N) is 1. The second-order valence-corrected chi connectivity index (χ2v) is 11.6. The maximum absolute atomic E-state index is 13.2. The highest BCUT2D eigenvalue weighted by Crippen LogP contribution is 2.39. The monoisotopic (exact) mass is 605 g/mol. The highest BCUT2D eigenvalue weighted by atomic mass is 32.1. The number of thiophene rings is 1. The van der Waals surface area contributed by atoms with Crippen molar-refractivity contribution < 1.29 is 23.9 Å². The van der Waals surface area contributed by atoms with E-state index in [0.29, 0.717) is 27.3 Å². The van der Waals surface area contributed by atoms with Crippen molar-refractivity contribution in [2.24, 2.45) is 0 Å². The average molecular weight is 606 g/mol. The predicted molar refractivity (Wildman–Crippen MR) is 171 cm³/mol. The average Bonchev–Trinajstić information content (AvgIpc) is 3.42. The van der Waals surface area contributed by atoms with Crippen molar-refractivity contribution in [1.29, 1.82) is 0 Å². The third-order valence-electron chi connectivity index (χ3n) is 7.54. The Morgan fingerprint density at radius 3 is 2.14 bits per heavy atom. The first kappa shape index (κ1) is 29.2. The van der Waals surface area contributed by atoms with Crippen LogP contribution in [0, 0.1) is 0 Å². The number of aromatic nitrogens is 2. The zero-order chi connectivity index (χ0) is 30.6. The smallest absolute Gasteiger partial charge is 0.341 e. The van der Waals surface area contributed by atoms with E-state index in [2.05, 4.69) is 5.32 Å². The second-order valence-electron chi connectivity index (χ2n) is 10.5. The Morgan fingerprint density at radius 2 is 1.48 bits per heavy atom. The number of anilines is 1. The van der Waals surface area contributed by atoms with Gasteiger partial charge in [-0.2, -0.15) is 0 Å². The minimum Gasteiger partial charge on any atom is -0.462 e. The molecule has 0 radical (unpaired) electrons. The Morgan fingerprint density at radius 1 is 0.841 bits per heavy atom. The van der Waals surface area contributed by atoms with Gasteiger partial charge in [0, 0.05) is 16.0 Å². The molecule has 9 heteroatoms. The van der Waals surface area contributed by atoms with E-state index >= 15 is 0 Å². The summed E-state index contributed by atoms with van der Waals surface area (Å²) in [6.45, 7) is 3.49. The highest BCUT2D eigenvalue weighted by Gasteiger charge is 2.29. The Hall–Kier alpha value is -4.89. The van der Waals surface area contributed by atoms with Gasteiger partial charge in [0.1, 0.15) is 5.00 Å². The summed E-state index contributed by atoms with van der Waals surface area (Å²) in [5, 5.41) is 3.26. The fraction of sp³-hybridized carbons (Fsp3) is 0.229. The van der Waals surface area contributed by atoms with Crippen molar-refractivity contribution in [3.8, 4) is 22.5 Å². The summed E-state index contributed by atoms with van der Waals surface area (Å²) in [5.41, 5.74) is 6.02. The van der Waals surface area contributed by atoms with E-state index in [0.717, 1.165) is 52.9 Å². The summed E-state index contributed by atoms with van der Waals surface area (Å²) in [4.78, 5) is 50.0. The van der Waals surface area contributed by atoms with E-state index in [-0.39, 0.29) is 12.2 Å². The van der Waals surface area contributed by atoms with Gasteiger partial charge in [0.15, 0.2) is 6.10 Å². The van der Waals surface area contributed by atoms with Crippen LogP contribution in [0.15, 0.2) is 78.9 Å². The molecule has 1 unspecified atom stereocenters. The third kappa shape index (κ3) is 5.96. The predicted octanol–water partition coefficient (Wildman–Crippen LogP) is 7.26. The van der Waals surface area contributed by atoms with Crippen molar-refractivity contribution in [1.82, 2.24) is 9.97 Å². The largest absolute Gasteiger partial charge is 0.462 e. The topological polar surface area (TPSA) is 107 Å². The fourth-order valence-electron chi connectivity index (χ4n) is 5.34. The lowest BCUT2D eigenvalue weighted by atomic mass is 9.95. The number of amides is 1. The van der Waals surface area contributed by atoms with Crippen LogP contribution in [0.3, 0.4) is 0 Å². The van der Waals surface area contributed by atoms with Crippen LogP contribution in [0.5, 0.6) is 0 Å². The molecular formula is C35H31N3O5S. The van der Waals surface area contributed by atoms with Crippen LogP contribution in [0.2, 0.25) is 0 Å². The van der Waals surface area contributed by atoms with Gasteiger partial charge in [-0.3, -0.25) is 4.79 Å². The van der Waals surface area contributed by atoms with E-state index in [1.165, 1.54) is 18.3 Å². The molecule has 1 atom stereocenters. The molecule has 8 nitrogen and oxygen atoms in total. The van der Waals surface area contributed by atoms with E-state index < -0.39 is 23.9 Å². The molecule has 0 saturated carbocycles. The molecule has 2 aromatic heterocycles. The van der Waals surface area contributed by atoms with Crippen LogP contribution in [0.25, 0.3) is 33.5 Å². The van der Waals surface area contributed by atoms with Gasteiger partial charge in [-0.25, -0.2) is 19.6 Å². The molecule has 1 aliphatic carbocycles. The normalized spacial score (nSPS) is 13.1. The van der Waals surface area contributed by atoms with Crippen LogP contribution >= 0.6 is 11.3 Å². The van der Waals surface area contributed by atoms with Gasteiger partial charge in [0.05, 0.1) is 40.2 Å². The fourth-order valence-corrected chi connectivity index (χ4v) is 6.63. The Kier molecular flexibility index (Phi) is 8.47. The lowest BCUT2D eigenvalue weighted by Crippen LogP contribution is -2.30. The number of ether oxygens (including phenoxy) is 2. The van der Waals surface area contributed by atoms with Crippen molar-refractivity contribution in [3.63, 3.8) is 0 Å². The summed E-state index contributed by atoms with van der Waals surface area (Å²) in [5.74, 6) is -1.64. The zero-order valence-electron chi connectivity index (χ0n) is 24.5. The SMILES string of the molecule is CCOC(=O)c1c(NC(=O)C(C)OC(=O)c2ccc3nc(-c4ccccc4)c(-c4ccccc4)nc3c2)sc2c1CCCC2. The minimum atomic E-state index is -1.11. The molecule has 0 fully saturated rings. The van der Waals surface area contributed by atoms with Gasteiger partial charge in [-0.1, -0.05) is 60.7 Å². The summed E-state index contributed by atoms with van der Waals surface area (Å²) in [7, 11) is 0. The summed E-state index contributed by atoms with van der Waals surface area (Å²) < 4.78 is 10.8. The van der Waals surface area contributed by atoms with Crippen LogP contribution in [0.4, 0.5) is 5.00 Å². The van der Waals surface area contributed by atoms with E-state index in [1.807, 2.05) is 60.7 Å². The standard InChI is InChI=1S/C35H31N3O5S/c1-3-42-35(41)29-25-16-10-11-17-28(25)44-33(29)38-32(39)21(2)43-34(40)24-18-19-26-27(20-24)37-31(23-14-8-5-9-15-23)30(36-26)22-12-6-4-7-13-22/h4-9,12-15,18-21H,3,10-11,16-17H2,1-2H3,(H,38,39). The molecule has 0 spiro atoms. The van der Waals surface area contributed by atoms with Crippen molar-refractivity contribution >= 4 is 45.2 Å². The first-order valence-electron chi connectivity index (χ1n) is 14.7. The first-order chi connectivity index (χ1) is 21.4. The van der Waals surface area contributed by atoms with Crippen molar-refractivity contribution in [2.75, 3.05) is 11.9 Å². The molecule has 5 aromatic rings. The minimum absolute atomic E-state index is 0.238. The second kappa shape index (κ2) is 12.8. The lowest BCUT2D eigenvalue weighted by Gasteiger charge is -2.15. The van der Waals surface area contributed by atoms with Crippen molar-refractivity contribution in [2.45, 2.75) is 45.6 Å². The summed E-state index contributed by atoms with van der Waals surface area (Å²) >= 11 is 1.39. The van der Waals surface area contributed by atoms with Gasteiger partial charge < -0.3 is 14.8 Å². The molecule has 2 heterocycles. The van der Waals surface area contributed by atoms with Crippen LogP contribution in [0.1, 0.15) is 57.8 Å². The number of fused-ring (bicyclic) bond motifs is 2. The van der Waals surface area contributed by atoms with Gasteiger partial charge in [0.25, 0.3) is 5.91 Å². The Bertz CT molecular complexity index is 1850. The molecule has 1 aliphatic rings. The van der Waals surface area contributed by atoms with Crippen LogP contribution in [-0.2, 0) is 27.1 Å². The van der Waals surface area contributed by atoms with Crippen molar-refractivity contribution in [3.05, 3.63) is 100 Å². The molecule has 1 amide bonds. The quantitative estimate of drug-likeness (QED) is 0.185. The molecule has 222 valence electrons. The number of esters is 2. The molecule has 0 bridgehead atoms. The molecule has 1 N–H and O–H groups in total. The number of benzene rings is 3. The summed E-state index contributed by atoms with van der Waals surface area (Å²) in [6.07, 6.45) is 2.53. The number of hydrogen-bond acceptors (Lipinski definition) is 8. The van der Waals surface area contributed by atoms with E-state index in [1.54, 1.807) is 25.1 Å². The number of rotatable bonds is 8. The molecule has 6 rings (SSSR count). The van der Waals surface area contributed by atoms with E-state index in [4.69, 9.17) is 19.4 Å². The highest BCUT2D eigenvalue weighted by molar-refractivity contribution is 7.17.